The molecule has 0 atom stereocenters. The molecule has 1 aliphatic rings. The van der Waals surface area contributed by atoms with Crippen LogP contribution in [0.1, 0.15) is 48.0 Å². The quantitative estimate of drug-likeness (QED) is 0.571. The average Bonchev–Trinajstić information content (AvgIpc) is 2.75. The minimum absolute atomic E-state index is 0.0983. The second-order valence-corrected chi connectivity index (χ2v) is 9.12. The van der Waals surface area contributed by atoms with Crippen molar-refractivity contribution in [1.82, 2.24) is 9.88 Å². The number of carbonyl (C=O) groups is 2. The van der Waals surface area contributed by atoms with Gasteiger partial charge in [0, 0.05) is 48.1 Å². The van der Waals surface area contributed by atoms with Crippen molar-refractivity contribution in [2.45, 2.75) is 40.3 Å². The van der Waals surface area contributed by atoms with Gasteiger partial charge in [-0.2, -0.15) is 0 Å². The Morgan fingerprint density at radius 3 is 2.48 bits per heavy atom. The summed E-state index contributed by atoms with van der Waals surface area (Å²) in [5, 5.41) is 0.774. The summed E-state index contributed by atoms with van der Waals surface area (Å²) in [6.45, 7) is 7.58. The molecular weight excluding hydrogens is 388 g/mol. The Morgan fingerprint density at radius 2 is 1.74 bits per heavy atom. The third kappa shape index (κ3) is 4.67. The molecule has 3 aromatic rings. The topological polar surface area (TPSA) is 59.5 Å². The van der Waals surface area contributed by atoms with Gasteiger partial charge in [-0.1, -0.05) is 69.3 Å². The van der Waals surface area contributed by atoms with Gasteiger partial charge in [0.25, 0.3) is 0 Å². The lowest BCUT2D eigenvalue weighted by atomic mass is 9.91. The summed E-state index contributed by atoms with van der Waals surface area (Å²) in [6.07, 6.45) is 0.772. The number of ketones is 1. The fourth-order valence-electron chi connectivity index (χ4n) is 3.88. The summed E-state index contributed by atoms with van der Waals surface area (Å²) in [7, 11) is 0. The van der Waals surface area contributed by atoms with Crippen molar-refractivity contribution in [1.29, 1.82) is 0 Å². The first-order valence-corrected chi connectivity index (χ1v) is 10.7. The number of pyridine rings is 1. The summed E-state index contributed by atoms with van der Waals surface area (Å²) in [4.78, 5) is 32.7. The lowest BCUT2D eigenvalue weighted by Crippen LogP contribution is -2.33. The van der Waals surface area contributed by atoms with Crippen LogP contribution in [0, 0.1) is 5.41 Å². The van der Waals surface area contributed by atoms with Crippen LogP contribution in [0.2, 0.25) is 0 Å². The summed E-state index contributed by atoms with van der Waals surface area (Å²) >= 11 is 0. The van der Waals surface area contributed by atoms with E-state index in [4.69, 9.17) is 9.72 Å². The van der Waals surface area contributed by atoms with E-state index in [0.717, 1.165) is 41.7 Å². The minimum Gasteiger partial charge on any atom is -0.454 e. The molecular formula is C26H28N2O3. The van der Waals surface area contributed by atoms with Crippen LogP contribution in [-0.4, -0.2) is 34.8 Å². The first-order valence-electron chi connectivity index (χ1n) is 10.7. The second kappa shape index (κ2) is 8.60. The van der Waals surface area contributed by atoms with Crippen LogP contribution < -0.4 is 0 Å². The van der Waals surface area contributed by atoms with E-state index in [-0.39, 0.29) is 12.4 Å². The summed E-state index contributed by atoms with van der Waals surface area (Å²) in [5.41, 5.74) is 3.87. The number of hydrogen-bond donors (Lipinski definition) is 0. The van der Waals surface area contributed by atoms with Crippen molar-refractivity contribution in [3.05, 3.63) is 77.0 Å². The molecule has 0 saturated carbocycles. The van der Waals surface area contributed by atoms with Crippen LogP contribution in [0.5, 0.6) is 0 Å². The number of nitrogens with zero attached hydrogens (tertiary/aromatic N) is 2. The van der Waals surface area contributed by atoms with E-state index < -0.39 is 11.4 Å². The number of rotatable bonds is 5. The third-order valence-electron chi connectivity index (χ3n) is 5.75. The third-order valence-corrected chi connectivity index (χ3v) is 5.75. The Hall–Kier alpha value is -3.05. The minimum atomic E-state index is -0.549. The molecule has 0 bridgehead atoms. The van der Waals surface area contributed by atoms with Gasteiger partial charge in [0.1, 0.15) is 0 Å². The van der Waals surface area contributed by atoms with Crippen LogP contribution in [0.3, 0.4) is 0 Å². The van der Waals surface area contributed by atoms with E-state index in [1.807, 2.05) is 63.2 Å². The first-order chi connectivity index (χ1) is 14.8. The van der Waals surface area contributed by atoms with Gasteiger partial charge < -0.3 is 4.74 Å². The Balaban J connectivity index is 1.66. The van der Waals surface area contributed by atoms with E-state index >= 15 is 0 Å². The van der Waals surface area contributed by atoms with Crippen molar-refractivity contribution >= 4 is 22.7 Å². The zero-order valence-electron chi connectivity index (χ0n) is 18.4. The molecule has 0 unspecified atom stereocenters. The molecule has 5 heteroatoms. The van der Waals surface area contributed by atoms with Crippen molar-refractivity contribution in [3.8, 4) is 0 Å². The number of benzene rings is 2. The summed E-state index contributed by atoms with van der Waals surface area (Å²) < 4.78 is 5.51. The molecule has 0 spiro atoms. The zero-order chi connectivity index (χ0) is 22.0. The van der Waals surface area contributed by atoms with E-state index in [2.05, 4.69) is 17.0 Å². The molecule has 160 valence electrons. The van der Waals surface area contributed by atoms with E-state index in [1.165, 1.54) is 5.56 Å². The Labute approximate surface area is 183 Å². The molecule has 1 aromatic heterocycles. The lowest BCUT2D eigenvalue weighted by molar-refractivity contribution is -0.129. The Kier molecular flexibility index (Phi) is 5.88. The molecule has 4 rings (SSSR count). The number of ether oxygens (including phenoxy) is 1. The smallest absolute Gasteiger partial charge is 0.339 e. The SMILES string of the molecule is CC(C)(C)C(=O)COC(=O)c1c2c(nc3ccccc13)CCN(Cc1ccccc1)C2. The number of carbonyl (C=O) groups excluding carboxylic acids is 2. The van der Waals surface area contributed by atoms with Crippen molar-refractivity contribution in [2.24, 2.45) is 5.41 Å². The molecule has 2 aromatic carbocycles. The highest BCUT2D eigenvalue weighted by Crippen LogP contribution is 2.29. The maximum atomic E-state index is 13.2. The van der Waals surface area contributed by atoms with Crippen LogP contribution in [0.25, 0.3) is 10.9 Å². The molecule has 2 heterocycles. The maximum Gasteiger partial charge on any atom is 0.339 e. The van der Waals surface area contributed by atoms with Crippen LogP contribution in [0.15, 0.2) is 54.6 Å². The number of Topliss-reactive ketones (excluding diaryl/α,β-unsaturated/α-hetero) is 1. The standard InChI is InChI=1S/C26H28N2O3/c1-26(2,3)23(29)17-31-25(30)24-19-11-7-8-12-21(19)27-22-13-14-28(16-20(22)24)15-18-9-5-4-6-10-18/h4-12H,13-17H2,1-3H3. The molecule has 0 N–H and O–H groups in total. The van der Waals surface area contributed by atoms with Crippen LogP contribution in [-0.2, 0) is 29.0 Å². The van der Waals surface area contributed by atoms with Gasteiger partial charge in [0.15, 0.2) is 12.4 Å². The summed E-state index contributed by atoms with van der Waals surface area (Å²) in [6, 6.07) is 18.0. The van der Waals surface area contributed by atoms with E-state index in [9.17, 15) is 9.59 Å². The zero-order valence-corrected chi connectivity index (χ0v) is 18.4. The second-order valence-electron chi connectivity index (χ2n) is 9.12. The highest BCUT2D eigenvalue weighted by atomic mass is 16.5. The molecule has 1 aliphatic heterocycles. The molecule has 0 aliphatic carbocycles. The molecule has 31 heavy (non-hydrogen) atoms. The highest BCUT2D eigenvalue weighted by molar-refractivity contribution is 6.05. The molecule has 0 saturated heterocycles. The Bertz CT molecular complexity index is 1120. The predicted molar refractivity (Wildman–Crippen MR) is 121 cm³/mol. The van der Waals surface area contributed by atoms with Crippen LogP contribution in [0.4, 0.5) is 0 Å². The monoisotopic (exact) mass is 416 g/mol. The van der Waals surface area contributed by atoms with Crippen molar-refractivity contribution in [3.63, 3.8) is 0 Å². The molecule has 0 amide bonds. The summed E-state index contributed by atoms with van der Waals surface area (Å²) in [5.74, 6) is -0.548. The normalized spacial score (nSPS) is 14.3. The van der Waals surface area contributed by atoms with E-state index in [1.54, 1.807) is 0 Å². The van der Waals surface area contributed by atoms with Gasteiger partial charge in [-0.3, -0.25) is 14.7 Å². The van der Waals surface area contributed by atoms with Gasteiger partial charge in [0.05, 0.1) is 11.1 Å². The number of aromatic nitrogens is 1. The van der Waals surface area contributed by atoms with Crippen molar-refractivity contribution < 1.29 is 14.3 Å². The maximum absolute atomic E-state index is 13.2. The van der Waals surface area contributed by atoms with Crippen molar-refractivity contribution in [2.75, 3.05) is 13.2 Å². The number of para-hydroxylation sites is 1. The van der Waals surface area contributed by atoms with Gasteiger partial charge in [-0.25, -0.2) is 4.79 Å². The average molecular weight is 417 g/mol. The number of fused-ring (bicyclic) bond motifs is 2. The molecule has 0 fully saturated rings. The van der Waals surface area contributed by atoms with Gasteiger partial charge >= 0.3 is 5.97 Å². The van der Waals surface area contributed by atoms with E-state index in [0.29, 0.717) is 12.1 Å². The van der Waals surface area contributed by atoms with Gasteiger partial charge in [-0.15, -0.1) is 0 Å². The largest absolute Gasteiger partial charge is 0.454 e. The van der Waals surface area contributed by atoms with Gasteiger partial charge in [-0.05, 0) is 11.6 Å². The highest BCUT2D eigenvalue weighted by Gasteiger charge is 2.28. The fraction of sp³-hybridized carbons (Fsp3) is 0.346. The predicted octanol–water partition coefficient (Wildman–Crippen LogP) is 4.57. The molecule has 0 radical (unpaired) electrons. The Morgan fingerprint density at radius 1 is 1.03 bits per heavy atom. The molecule has 5 nitrogen and oxygen atoms in total. The van der Waals surface area contributed by atoms with Crippen LogP contribution >= 0.6 is 0 Å². The number of esters is 1. The fourth-order valence-corrected chi connectivity index (χ4v) is 3.88. The first kappa shape index (κ1) is 21.2. The number of hydrogen-bond acceptors (Lipinski definition) is 5. The van der Waals surface area contributed by atoms with Gasteiger partial charge in [0.2, 0.25) is 0 Å². The lowest BCUT2D eigenvalue weighted by Gasteiger charge is -2.30.